The maximum Gasteiger partial charge on any atom is 0.328 e. The molecule has 0 heterocycles. The molecule has 0 saturated heterocycles. The molecule has 11 N–H and O–H groups in total. The molecule has 5 atom stereocenters. The summed E-state index contributed by atoms with van der Waals surface area (Å²) in [5.41, 5.74) is 16.0. The lowest BCUT2D eigenvalue weighted by molar-refractivity contribution is -0.145. The first-order valence-electron chi connectivity index (χ1n) is 10.4. The smallest absolute Gasteiger partial charge is 0.328 e. The van der Waals surface area contributed by atoms with Crippen LogP contribution in [-0.4, -0.2) is 88.0 Å². The predicted octanol–water partition coefficient (Wildman–Crippen LogP) is -3.48. The normalized spacial score (nSPS) is 15.2. The van der Waals surface area contributed by atoms with Crippen molar-refractivity contribution in [3.63, 3.8) is 0 Å². The lowest BCUT2D eigenvalue weighted by Gasteiger charge is -2.25. The molecule has 14 nitrogen and oxygen atoms in total. The van der Waals surface area contributed by atoms with Crippen LogP contribution in [0.2, 0.25) is 0 Å². The minimum atomic E-state index is -1.68. The van der Waals surface area contributed by atoms with E-state index in [1.54, 1.807) is 0 Å². The summed E-state index contributed by atoms with van der Waals surface area (Å²) in [7, 11) is 0. The van der Waals surface area contributed by atoms with Crippen LogP contribution in [0.3, 0.4) is 0 Å². The zero-order chi connectivity index (χ0) is 26.4. The van der Waals surface area contributed by atoms with Gasteiger partial charge in [-0.15, -0.1) is 0 Å². The van der Waals surface area contributed by atoms with Crippen molar-refractivity contribution < 1.29 is 39.0 Å². The number of thioether (sulfide) groups is 1. The molecule has 0 spiro atoms. The Hall–Kier alpha value is -2.91. The first kappa shape index (κ1) is 31.1. The second kappa shape index (κ2) is 15.8. The highest BCUT2D eigenvalue weighted by Gasteiger charge is 2.32. The van der Waals surface area contributed by atoms with E-state index in [9.17, 15) is 33.9 Å². The third-order valence-electron chi connectivity index (χ3n) is 4.64. The largest absolute Gasteiger partial charge is 0.480 e. The minimum absolute atomic E-state index is 0.197. The van der Waals surface area contributed by atoms with Gasteiger partial charge in [0.05, 0.1) is 12.1 Å². The molecule has 5 amide bonds. The van der Waals surface area contributed by atoms with Crippen LogP contribution in [0, 0.1) is 0 Å². The van der Waals surface area contributed by atoms with Crippen LogP contribution >= 0.6 is 11.8 Å². The number of aliphatic carboxylic acids is 1. The number of aliphatic hydroxyl groups is 1. The van der Waals surface area contributed by atoms with E-state index in [2.05, 4.69) is 16.0 Å². The summed E-state index contributed by atoms with van der Waals surface area (Å²) in [5.74, 6) is -4.99. The van der Waals surface area contributed by atoms with E-state index in [0.717, 1.165) is 6.92 Å². The number of nitrogens with one attached hydrogen (secondary N) is 3. The van der Waals surface area contributed by atoms with E-state index in [4.69, 9.17) is 22.3 Å². The number of hydrogen-bond donors (Lipinski definition) is 8. The van der Waals surface area contributed by atoms with Crippen LogP contribution < -0.4 is 33.2 Å². The van der Waals surface area contributed by atoms with Gasteiger partial charge >= 0.3 is 5.97 Å². The van der Waals surface area contributed by atoms with E-state index in [1.807, 2.05) is 6.26 Å². The molecular weight excluding hydrogens is 472 g/mol. The molecule has 15 heteroatoms. The van der Waals surface area contributed by atoms with Crippen LogP contribution in [0.5, 0.6) is 0 Å². The van der Waals surface area contributed by atoms with E-state index in [-0.39, 0.29) is 25.7 Å². The predicted molar refractivity (Wildman–Crippen MR) is 123 cm³/mol. The molecule has 0 bridgehead atoms. The Morgan fingerprint density at radius 1 is 0.824 bits per heavy atom. The van der Waals surface area contributed by atoms with E-state index in [1.165, 1.54) is 11.8 Å². The van der Waals surface area contributed by atoms with Crippen LogP contribution in [0.15, 0.2) is 0 Å². The Morgan fingerprint density at radius 3 is 1.65 bits per heavy atom. The van der Waals surface area contributed by atoms with Crippen molar-refractivity contribution in [2.75, 3.05) is 12.0 Å². The molecule has 194 valence electrons. The number of rotatable bonds is 17. The molecule has 34 heavy (non-hydrogen) atoms. The van der Waals surface area contributed by atoms with Crippen molar-refractivity contribution in [3.05, 3.63) is 0 Å². The molecule has 0 aliphatic carbocycles. The quantitative estimate of drug-likeness (QED) is 0.0965. The maximum atomic E-state index is 12.9. The first-order chi connectivity index (χ1) is 15.8. The van der Waals surface area contributed by atoms with Crippen LogP contribution in [-0.2, 0) is 28.8 Å². The maximum absolute atomic E-state index is 12.9. The van der Waals surface area contributed by atoms with Crippen molar-refractivity contribution in [1.29, 1.82) is 0 Å². The van der Waals surface area contributed by atoms with Gasteiger partial charge in [-0.1, -0.05) is 0 Å². The number of hydrogen-bond acceptors (Lipinski definition) is 9. The van der Waals surface area contributed by atoms with Gasteiger partial charge in [-0.25, -0.2) is 4.79 Å². The van der Waals surface area contributed by atoms with Crippen LogP contribution in [0.1, 0.15) is 39.0 Å². The molecule has 0 aliphatic rings. The summed E-state index contributed by atoms with van der Waals surface area (Å²) in [6.07, 6.45) is -0.379. The number of nitrogens with two attached hydrogens (primary N) is 3. The molecular formula is C19H34N6O8S. The molecule has 0 aliphatic heterocycles. The number of amides is 5. The lowest BCUT2D eigenvalue weighted by Crippen LogP contribution is -2.58. The second-order valence-corrected chi connectivity index (χ2v) is 8.57. The highest BCUT2D eigenvalue weighted by molar-refractivity contribution is 7.98. The average Bonchev–Trinajstić information content (AvgIpc) is 2.74. The van der Waals surface area contributed by atoms with Gasteiger partial charge in [-0.3, -0.25) is 24.0 Å². The van der Waals surface area contributed by atoms with Crippen molar-refractivity contribution in [2.45, 2.75) is 69.3 Å². The number of aliphatic hydroxyl groups excluding tert-OH is 1. The highest BCUT2D eigenvalue weighted by Crippen LogP contribution is 2.06. The fraction of sp³-hybridized carbons (Fsp3) is 0.684. The molecule has 0 rings (SSSR count). The molecule has 0 aromatic heterocycles. The average molecular weight is 507 g/mol. The van der Waals surface area contributed by atoms with E-state index in [0.29, 0.717) is 12.2 Å². The Morgan fingerprint density at radius 2 is 1.26 bits per heavy atom. The van der Waals surface area contributed by atoms with Gasteiger partial charge in [0.15, 0.2) is 6.04 Å². The van der Waals surface area contributed by atoms with E-state index < -0.39 is 65.8 Å². The van der Waals surface area contributed by atoms with Gasteiger partial charge in [-0.2, -0.15) is 11.8 Å². The minimum Gasteiger partial charge on any atom is -0.480 e. The van der Waals surface area contributed by atoms with E-state index >= 15 is 0 Å². The first-order valence-corrected chi connectivity index (χ1v) is 11.8. The van der Waals surface area contributed by atoms with Gasteiger partial charge < -0.3 is 43.4 Å². The van der Waals surface area contributed by atoms with Crippen LogP contribution in [0.4, 0.5) is 0 Å². The number of carbonyl (C=O) groups excluding carboxylic acids is 5. The Bertz CT molecular complexity index is 750. The van der Waals surface area contributed by atoms with Gasteiger partial charge in [-0.05, 0) is 38.2 Å². The molecule has 0 saturated carbocycles. The van der Waals surface area contributed by atoms with Crippen molar-refractivity contribution in [1.82, 2.24) is 16.0 Å². The summed E-state index contributed by atoms with van der Waals surface area (Å²) in [4.78, 5) is 71.5. The standard InChI is InChI=1S/C19H34N6O8S/c1-9(26)15(19(32)33)25-18(31)12(4-6-14(22)28)24-17(30)11(3-5-13(21)27)23-16(29)10(20)7-8-34-2/h9-12,15,26H,3-8,20H2,1-2H3,(H2,21,27)(H2,22,28)(H,23,29)(H,24,30)(H,25,31)(H,32,33). The number of carboxylic acid groups (broad SMARTS) is 1. The number of primary amides is 2. The van der Waals surface area contributed by atoms with Gasteiger partial charge in [0.25, 0.3) is 0 Å². The Kier molecular flexibility index (Phi) is 14.5. The third-order valence-corrected chi connectivity index (χ3v) is 5.28. The summed E-state index contributed by atoms with van der Waals surface area (Å²) < 4.78 is 0. The summed E-state index contributed by atoms with van der Waals surface area (Å²) in [5, 5.41) is 25.5. The third kappa shape index (κ3) is 12.4. The zero-order valence-electron chi connectivity index (χ0n) is 19.1. The van der Waals surface area contributed by atoms with Crippen molar-refractivity contribution in [3.8, 4) is 0 Å². The monoisotopic (exact) mass is 506 g/mol. The lowest BCUT2D eigenvalue weighted by atomic mass is 10.1. The zero-order valence-corrected chi connectivity index (χ0v) is 19.9. The Balaban J connectivity index is 5.58. The van der Waals surface area contributed by atoms with Crippen LogP contribution in [0.25, 0.3) is 0 Å². The van der Waals surface area contributed by atoms with Gasteiger partial charge in [0.1, 0.15) is 12.1 Å². The topological polar surface area (TPSA) is 257 Å². The number of carboxylic acids is 1. The summed E-state index contributed by atoms with van der Waals surface area (Å²) in [6.45, 7) is 1.14. The molecule has 5 unspecified atom stereocenters. The second-order valence-electron chi connectivity index (χ2n) is 7.59. The Labute approximate surface area is 201 Å². The fourth-order valence-electron chi connectivity index (χ4n) is 2.68. The SMILES string of the molecule is CSCCC(N)C(=O)NC(CCC(N)=O)C(=O)NC(CCC(N)=O)C(=O)NC(C(=O)O)C(C)O. The fourth-order valence-corrected chi connectivity index (χ4v) is 3.17. The summed E-state index contributed by atoms with van der Waals surface area (Å²) in [6, 6.07) is -5.33. The molecule has 0 aromatic carbocycles. The molecule has 0 radical (unpaired) electrons. The molecule has 0 aromatic rings. The highest BCUT2D eigenvalue weighted by atomic mass is 32.2. The molecule has 0 fully saturated rings. The van der Waals surface area contributed by atoms with Gasteiger partial charge in [0.2, 0.25) is 29.5 Å². The summed E-state index contributed by atoms with van der Waals surface area (Å²) >= 11 is 1.47. The van der Waals surface area contributed by atoms with Crippen molar-refractivity contribution in [2.24, 2.45) is 17.2 Å². The van der Waals surface area contributed by atoms with Gasteiger partial charge in [0, 0.05) is 12.8 Å². The number of carbonyl (C=O) groups is 6. The van der Waals surface area contributed by atoms with Crippen molar-refractivity contribution >= 4 is 47.3 Å².